The predicted octanol–water partition coefficient (Wildman–Crippen LogP) is 1.33. The quantitative estimate of drug-likeness (QED) is 0.699. The van der Waals surface area contributed by atoms with Gasteiger partial charge in [0.25, 0.3) is 0 Å². The van der Waals surface area contributed by atoms with Gasteiger partial charge in [-0.1, -0.05) is 12.1 Å². The maximum atomic E-state index is 13.0. The summed E-state index contributed by atoms with van der Waals surface area (Å²) in [6.07, 6.45) is 0. The molecule has 0 radical (unpaired) electrons. The van der Waals surface area contributed by atoms with Crippen LogP contribution in [0.25, 0.3) is 0 Å². The van der Waals surface area contributed by atoms with Crippen LogP contribution in [0.4, 0.5) is 4.39 Å². The first-order valence-corrected chi connectivity index (χ1v) is 3.22. The van der Waals surface area contributed by atoms with Gasteiger partial charge in [0.1, 0.15) is 0 Å². The summed E-state index contributed by atoms with van der Waals surface area (Å²) in [4.78, 5) is 0. The lowest BCUT2D eigenvalue weighted by Crippen LogP contribution is -1.93. The van der Waals surface area contributed by atoms with E-state index in [2.05, 4.69) is 0 Å². The van der Waals surface area contributed by atoms with Crippen molar-refractivity contribution in [3.8, 4) is 5.75 Å². The summed E-state index contributed by atoms with van der Waals surface area (Å²) in [5, 5.41) is 8.64. The maximum absolute atomic E-state index is 13.0. The molecule has 0 fully saturated rings. The second-order valence-corrected chi connectivity index (χ2v) is 2.09. The van der Waals surface area contributed by atoms with Gasteiger partial charge >= 0.3 is 0 Å². The van der Waals surface area contributed by atoms with Crippen LogP contribution in [-0.4, -0.2) is 12.2 Å². The Bertz CT molecular complexity index is 226. The summed E-state index contributed by atoms with van der Waals surface area (Å²) in [6.45, 7) is -0.303. The third kappa shape index (κ3) is 1.49. The van der Waals surface area contributed by atoms with Crippen molar-refractivity contribution >= 4 is 0 Å². The van der Waals surface area contributed by atoms with Gasteiger partial charge in [0.05, 0.1) is 13.7 Å². The molecule has 0 saturated carbocycles. The normalized spacial score (nSPS) is 9.73. The molecule has 3 heteroatoms. The van der Waals surface area contributed by atoms with Gasteiger partial charge in [-0.05, 0) is 6.07 Å². The zero-order valence-electron chi connectivity index (χ0n) is 6.17. The smallest absolute Gasteiger partial charge is 0.170 e. The monoisotopic (exact) mass is 156 g/mol. The van der Waals surface area contributed by atoms with Gasteiger partial charge in [-0.3, -0.25) is 0 Å². The molecule has 0 aliphatic heterocycles. The molecule has 0 bridgehead atoms. The van der Waals surface area contributed by atoms with Gasteiger partial charge in [0.15, 0.2) is 11.6 Å². The van der Waals surface area contributed by atoms with E-state index in [9.17, 15) is 4.39 Å². The molecule has 11 heavy (non-hydrogen) atoms. The second kappa shape index (κ2) is 3.34. The number of hydrogen-bond acceptors (Lipinski definition) is 2. The van der Waals surface area contributed by atoms with Crippen LogP contribution in [0.1, 0.15) is 5.56 Å². The molecule has 1 rings (SSSR count). The molecule has 0 atom stereocenters. The third-order valence-electron chi connectivity index (χ3n) is 1.43. The number of halogens is 1. The zero-order valence-corrected chi connectivity index (χ0v) is 6.17. The molecule has 0 aliphatic rings. The summed E-state index contributed by atoms with van der Waals surface area (Å²) in [7, 11) is 1.39. The number of hydrogen-bond donors (Lipinski definition) is 1. The lowest BCUT2D eigenvalue weighted by atomic mass is 10.2. The van der Waals surface area contributed by atoms with Crippen LogP contribution in [0.2, 0.25) is 0 Å². The van der Waals surface area contributed by atoms with E-state index < -0.39 is 5.82 Å². The first kappa shape index (κ1) is 8.01. The number of methoxy groups -OCH3 is 1. The fourth-order valence-corrected chi connectivity index (χ4v) is 0.836. The fourth-order valence-electron chi connectivity index (χ4n) is 0.836. The van der Waals surface area contributed by atoms with Crippen LogP contribution in [-0.2, 0) is 6.61 Å². The van der Waals surface area contributed by atoms with E-state index in [4.69, 9.17) is 9.84 Å². The summed E-state index contributed by atoms with van der Waals surface area (Å²) >= 11 is 0. The van der Waals surface area contributed by atoms with Crippen molar-refractivity contribution in [3.63, 3.8) is 0 Å². The van der Waals surface area contributed by atoms with Gasteiger partial charge < -0.3 is 9.84 Å². The highest BCUT2D eigenvalue weighted by Crippen LogP contribution is 2.19. The maximum Gasteiger partial charge on any atom is 0.170 e. The van der Waals surface area contributed by atoms with Crippen LogP contribution < -0.4 is 4.74 Å². The molecule has 0 unspecified atom stereocenters. The van der Waals surface area contributed by atoms with E-state index >= 15 is 0 Å². The SMILES string of the molecule is COc1cccc(CO)c1[19F]. The van der Waals surface area contributed by atoms with Crippen LogP contribution in [0.15, 0.2) is 18.2 Å². The Hall–Kier alpha value is -1.09. The van der Waals surface area contributed by atoms with E-state index in [1.807, 2.05) is 0 Å². The Morgan fingerprint density at radius 2 is 2.27 bits per heavy atom. The average Bonchev–Trinajstić information content (AvgIpc) is 2.05. The molecule has 1 N–H and O–H groups in total. The Labute approximate surface area is 64.2 Å². The van der Waals surface area contributed by atoms with Crippen LogP contribution >= 0.6 is 0 Å². The lowest BCUT2D eigenvalue weighted by Gasteiger charge is -2.03. The number of rotatable bonds is 2. The predicted molar refractivity (Wildman–Crippen MR) is 38.9 cm³/mol. The fraction of sp³-hybridized carbons (Fsp3) is 0.250. The van der Waals surface area contributed by atoms with Crippen molar-refractivity contribution in [1.82, 2.24) is 0 Å². The molecule has 1 aromatic rings. The minimum Gasteiger partial charge on any atom is -0.494 e. The Balaban J connectivity index is 3.10. The van der Waals surface area contributed by atoms with Crippen molar-refractivity contribution in [2.75, 3.05) is 7.11 Å². The summed E-state index contributed by atoms with van der Waals surface area (Å²) in [5.74, 6) is -0.325. The highest BCUT2D eigenvalue weighted by atomic mass is 19.1. The molecule has 0 amide bonds. The topological polar surface area (TPSA) is 29.5 Å². The van der Waals surface area contributed by atoms with E-state index in [1.165, 1.54) is 19.2 Å². The van der Waals surface area contributed by atoms with Gasteiger partial charge in [-0.2, -0.15) is 0 Å². The molecule has 0 aromatic heterocycles. The molecular weight excluding hydrogens is 147 g/mol. The first-order chi connectivity index (χ1) is 5.29. The van der Waals surface area contributed by atoms with Crippen LogP contribution in [0.5, 0.6) is 5.75 Å². The average molecular weight is 156 g/mol. The van der Waals surface area contributed by atoms with E-state index in [0.717, 1.165) is 0 Å². The third-order valence-corrected chi connectivity index (χ3v) is 1.43. The zero-order chi connectivity index (χ0) is 8.27. The second-order valence-electron chi connectivity index (χ2n) is 2.09. The van der Waals surface area contributed by atoms with Crippen molar-refractivity contribution in [1.29, 1.82) is 0 Å². The standard InChI is InChI=1S/C8H9FO2/c1-11-7-4-2-3-6(5-10)8(7)9/h2-4,10H,5H2,1H3/i9+0. The van der Waals surface area contributed by atoms with Crippen molar-refractivity contribution < 1.29 is 14.2 Å². The first-order valence-electron chi connectivity index (χ1n) is 3.22. The number of ether oxygens (including phenoxy) is 1. The highest BCUT2D eigenvalue weighted by Gasteiger charge is 2.05. The van der Waals surface area contributed by atoms with Crippen molar-refractivity contribution in [3.05, 3.63) is 29.6 Å². The number of benzene rings is 1. The summed E-state index contributed by atoms with van der Waals surface area (Å²) in [6, 6.07) is 4.65. The molecule has 60 valence electrons. The molecule has 2 nitrogen and oxygen atoms in total. The molecule has 0 spiro atoms. The molecule has 1 aromatic carbocycles. The molecule has 0 aliphatic carbocycles. The largest absolute Gasteiger partial charge is 0.494 e. The van der Waals surface area contributed by atoms with E-state index in [0.29, 0.717) is 0 Å². The number of aliphatic hydroxyl groups excluding tert-OH is 1. The van der Waals surface area contributed by atoms with Gasteiger partial charge in [0, 0.05) is 5.56 Å². The summed E-state index contributed by atoms with van der Waals surface area (Å²) in [5.41, 5.74) is 0.254. The minimum absolute atomic E-state index is 0.163. The van der Waals surface area contributed by atoms with Gasteiger partial charge in [0.2, 0.25) is 0 Å². The van der Waals surface area contributed by atoms with Crippen molar-refractivity contribution in [2.24, 2.45) is 0 Å². The molecular formula is C8H9FO2. The van der Waals surface area contributed by atoms with Crippen LogP contribution in [0.3, 0.4) is 0 Å². The Morgan fingerprint density at radius 1 is 1.55 bits per heavy atom. The Morgan fingerprint density at radius 3 is 2.82 bits per heavy atom. The van der Waals surface area contributed by atoms with Gasteiger partial charge in [-0.25, -0.2) is 4.39 Å². The van der Waals surface area contributed by atoms with Crippen LogP contribution in [0, 0.1) is 5.82 Å². The van der Waals surface area contributed by atoms with E-state index in [-0.39, 0.29) is 17.9 Å². The minimum atomic E-state index is -0.488. The highest BCUT2D eigenvalue weighted by molar-refractivity contribution is 5.30. The van der Waals surface area contributed by atoms with Gasteiger partial charge in [-0.15, -0.1) is 0 Å². The van der Waals surface area contributed by atoms with Crippen molar-refractivity contribution in [2.45, 2.75) is 6.61 Å². The molecule has 0 heterocycles. The molecule has 0 saturated heterocycles. The Kier molecular flexibility index (Phi) is 2.44. The van der Waals surface area contributed by atoms with E-state index in [1.54, 1.807) is 6.07 Å². The summed E-state index contributed by atoms with van der Waals surface area (Å²) < 4.78 is 17.7. The lowest BCUT2D eigenvalue weighted by molar-refractivity contribution is 0.272. The number of aliphatic hydroxyl groups is 1.